The molecule has 0 bridgehead atoms. The molecule has 1 heterocycles. The Balaban J connectivity index is 1.84. The van der Waals surface area contributed by atoms with Crippen LogP contribution in [0.4, 0.5) is 11.4 Å². The van der Waals surface area contributed by atoms with Crippen molar-refractivity contribution in [3.8, 4) is 5.75 Å². The molecule has 0 amide bonds. The van der Waals surface area contributed by atoms with Crippen LogP contribution in [0.15, 0.2) is 18.2 Å². The van der Waals surface area contributed by atoms with E-state index in [4.69, 9.17) is 15.3 Å². The van der Waals surface area contributed by atoms with Crippen molar-refractivity contribution in [3.05, 3.63) is 18.2 Å². The number of nitrogens with two attached hydrogens (primary N) is 1. The molecule has 1 fully saturated rings. The second-order valence-electron chi connectivity index (χ2n) is 6.93. The normalized spacial score (nSPS) is 16.9. The lowest BCUT2D eigenvalue weighted by Gasteiger charge is -2.33. The van der Waals surface area contributed by atoms with E-state index in [1.807, 2.05) is 39.0 Å². The summed E-state index contributed by atoms with van der Waals surface area (Å²) in [4.78, 5) is 17.3. The Morgan fingerprint density at radius 3 is 2.52 bits per heavy atom. The average molecular weight is 321 g/mol. The first kappa shape index (κ1) is 17.4. The molecule has 1 aliphatic heterocycles. The van der Waals surface area contributed by atoms with Gasteiger partial charge in [0.15, 0.2) is 0 Å². The number of carbonyl (C=O) groups is 1. The molecule has 0 aromatic heterocycles. The number of hydrogen-bond acceptors (Lipinski definition) is 6. The molecule has 1 aromatic rings. The predicted octanol–water partition coefficient (Wildman–Crippen LogP) is 2.66. The van der Waals surface area contributed by atoms with E-state index >= 15 is 0 Å². The molecule has 1 aliphatic rings. The number of piperidine rings is 1. The summed E-state index contributed by atoms with van der Waals surface area (Å²) < 4.78 is 5.24. The van der Waals surface area contributed by atoms with Crippen LogP contribution >= 0.6 is 0 Å². The number of benzene rings is 1. The van der Waals surface area contributed by atoms with Gasteiger partial charge in [-0.3, -0.25) is 0 Å². The van der Waals surface area contributed by atoms with E-state index in [-0.39, 0.29) is 5.97 Å². The van der Waals surface area contributed by atoms with Crippen molar-refractivity contribution in [1.29, 1.82) is 0 Å². The van der Waals surface area contributed by atoms with Gasteiger partial charge in [-0.25, -0.2) is 4.79 Å². The number of nitrogen functional groups attached to an aromatic ring is 1. The van der Waals surface area contributed by atoms with Gasteiger partial charge in [0, 0.05) is 30.9 Å². The summed E-state index contributed by atoms with van der Waals surface area (Å²) in [5, 5.41) is 5.24. The fourth-order valence-electron chi connectivity index (χ4n) is 2.38. The minimum absolute atomic E-state index is 0.188. The summed E-state index contributed by atoms with van der Waals surface area (Å²) in [5.74, 6) is 0.485. The molecule has 1 saturated heterocycles. The molecule has 1 aromatic carbocycles. The Bertz CT molecular complexity index is 547. The van der Waals surface area contributed by atoms with E-state index in [1.165, 1.54) is 0 Å². The van der Waals surface area contributed by atoms with Gasteiger partial charge in [-0.2, -0.15) is 0 Å². The van der Waals surface area contributed by atoms with Crippen molar-refractivity contribution in [2.75, 3.05) is 31.2 Å². The molecular weight excluding hydrogens is 294 g/mol. The molecule has 0 aliphatic carbocycles. The summed E-state index contributed by atoms with van der Waals surface area (Å²) in [5.41, 5.74) is 6.96. The zero-order chi connectivity index (χ0) is 17.0. The largest absolute Gasteiger partial charge is 0.495 e. The number of nitrogens with one attached hydrogen (secondary N) is 1. The fraction of sp³-hybridized carbons (Fsp3) is 0.588. The van der Waals surface area contributed by atoms with E-state index in [0.29, 0.717) is 17.5 Å². The monoisotopic (exact) mass is 321 g/mol. The van der Waals surface area contributed by atoms with E-state index in [1.54, 1.807) is 12.2 Å². The van der Waals surface area contributed by atoms with Crippen molar-refractivity contribution >= 4 is 17.3 Å². The lowest BCUT2D eigenvalue weighted by molar-refractivity contribution is -0.204. The molecule has 0 spiro atoms. The third-order valence-electron chi connectivity index (χ3n) is 3.88. The number of rotatable bonds is 4. The third kappa shape index (κ3) is 4.76. The SMILES string of the molecule is COc1cc(NC2CCN(OC(=O)C(C)(C)C)CC2)ccc1N. The van der Waals surface area contributed by atoms with Gasteiger partial charge in [-0.05, 0) is 45.7 Å². The van der Waals surface area contributed by atoms with Crippen LogP contribution in [0, 0.1) is 5.41 Å². The van der Waals surface area contributed by atoms with E-state index in [2.05, 4.69) is 5.32 Å². The van der Waals surface area contributed by atoms with Crippen molar-refractivity contribution in [2.45, 2.75) is 39.7 Å². The second kappa shape index (κ2) is 7.08. The van der Waals surface area contributed by atoms with Gasteiger partial charge in [0.25, 0.3) is 0 Å². The van der Waals surface area contributed by atoms with Crippen molar-refractivity contribution in [3.63, 3.8) is 0 Å². The van der Waals surface area contributed by atoms with Gasteiger partial charge in [0.05, 0.1) is 18.2 Å². The Hall–Kier alpha value is -1.95. The number of methoxy groups -OCH3 is 1. The van der Waals surface area contributed by atoms with Crippen molar-refractivity contribution < 1.29 is 14.4 Å². The molecule has 2 rings (SSSR count). The molecule has 3 N–H and O–H groups in total. The Labute approximate surface area is 137 Å². The van der Waals surface area contributed by atoms with Crippen LogP contribution in [0.1, 0.15) is 33.6 Å². The van der Waals surface area contributed by atoms with Crippen LogP contribution in [0.25, 0.3) is 0 Å². The minimum atomic E-state index is -0.477. The Kier molecular flexibility index (Phi) is 5.36. The third-order valence-corrected chi connectivity index (χ3v) is 3.88. The highest BCUT2D eigenvalue weighted by Gasteiger charge is 2.28. The zero-order valence-corrected chi connectivity index (χ0v) is 14.4. The Morgan fingerprint density at radius 1 is 1.30 bits per heavy atom. The summed E-state index contributed by atoms with van der Waals surface area (Å²) >= 11 is 0. The molecule has 23 heavy (non-hydrogen) atoms. The highest BCUT2D eigenvalue weighted by Crippen LogP contribution is 2.27. The summed E-state index contributed by atoms with van der Waals surface area (Å²) in [6.45, 7) is 7.03. The smallest absolute Gasteiger partial charge is 0.330 e. The van der Waals surface area contributed by atoms with Gasteiger partial charge >= 0.3 is 5.97 Å². The molecule has 128 valence electrons. The maximum Gasteiger partial charge on any atom is 0.330 e. The van der Waals surface area contributed by atoms with Crippen LogP contribution < -0.4 is 15.8 Å². The maximum absolute atomic E-state index is 11.9. The standard InChI is InChI=1S/C17H27N3O3/c1-17(2,3)16(21)23-20-9-7-12(8-10-20)19-13-5-6-14(18)15(11-13)22-4/h5-6,11-12,19H,7-10,18H2,1-4H3. The molecule has 6 heteroatoms. The van der Waals surface area contributed by atoms with E-state index in [0.717, 1.165) is 31.6 Å². The number of carbonyl (C=O) groups excluding carboxylic acids is 1. The Morgan fingerprint density at radius 2 is 1.96 bits per heavy atom. The van der Waals surface area contributed by atoms with E-state index < -0.39 is 5.41 Å². The maximum atomic E-state index is 11.9. The number of hydroxylamine groups is 2. The lowest BCUT2D eigenvalue weighted by Crippen LogP contribution is -2.42. The fourth-order valence-corrected chi connectivity index (χ4v) is 2.38. The minimum Gasteiger partial charge on any atom is -0.495 e. The van der Waals surface area contributed by atoms with Crippen molar-refractivity contribution in [1.82, 2.24) is 5.06 Å². The van der Waals surface area contributed by atoms with Crippen LogP contribution in [-0.2, 0) is 9.63 Å². The topological polar surface area (TPSA) is 76.8 Å². The van der Waals surface area contributed by atoms with Crippen LogP contribution in [0.3, 0.4) is 0 Å². The first-order chi connectivity index (χ1) is 10.8. The predicted molar refractivity (Wildman–Crippen MR) is 91.2 cm³/mol. The molecule has 6 nitrogen and oxygen atoms in total. The average Bonchev–Trinajstić information content (AvgIpc) is 2.50. The van der Waals surface area contributed by atoms with Gasteiger partial charge in [-0.15, -0.1) is 5.06 Å². The van der Waals surface area contributed by atoms with E-state index in [9.17, 15) is 4.79 Å². The number of nitrogens with zero attached hydrogens (tertiary/aromatic N) is 1. The zero-order valence-electron chi connectivity index (χ0n) is 14.4. The number of anilines is 2. The quantitative estimate of drug-likeness (QED) is 0.830. The van der Waals surface area contributed by atoms with Crippen molar-refractivity contribution in [2.24, 2.45) is 5.41 Å². The molecular formula is C17H27N3O3. The molecule has 0 radical (unpaired) electrons. The van der Waals surface area contributed by atoms with Gasteiger partial charge in [-0.1, -0.05) is 0 Å². The lowest BCUT2D eigenvalue weighted by atomic mass is 9.98. The van der Waals surface area contributed by atoms with Gasteiger partial charge in [0.2, 0.25) is 0 Å². The summed E-state index contributed by atoms with van der Waals surface area (Å²) in [7, 11) is 1.61. The molecule has 0 atom stereocenters. The van der Waals surface area contributed by atoms with Crippen LogP contribution in [-0.4, -0.2) is 37.3 Å². The van der Waals surface area contributed by atoms with Crippen LogP contribution in [0.5, 0.6) is 5.75 Å². The first-order valence-electron chi connectivity index (χ1n) is 7.97. The van der Waals surface area contributed by atoms with Gasteiger partial charge in [0.1, 0.15) is 5.75 Å². The summed E-state index contributed by atoms with van der Waals surface area (Å²) in [6, 6.07) is 6.03. The van der Waals surface area contributed by atoms with Crippen LogP contribution in [0.2, 0.25) is 0 Å². The highest BCUT2D eigenvalue weighted by molar-refractivity contribution is 5.75. The molecule has 0 unspecified atom stereocenters. The number of ether oxygens (including phenoxy) is 1. The van der Waals surface area contributed by atoms with Gasteiger partial charge < -0.3 is 20.6 Å². The molecule has 0 saturated carbocycles. The summed E-state index contributed by atoms with van der Waals surface area (Å²) in [6.07, 6.45) is 1.81. The highest BCUT2D eigenvalue weighted by atomic mass is 16.7. The second-order valence-corrected chi connectivity index (χ2v) is 6.93. The first-order valence-corrected chi connectivity index (χ1v) is 7.97. The number of hydrogen-bond donors (Lipinski definition) is 2.